The Balaban J connectivity index is 1.34. The second-order valence-corrected chi connectivity index (χ2v) is 13.1. The van der Waals surface area contributed by atoms with Crippen molar-refractivity contribution in [2.45, 2.75) is 44.6 Å². The van der Waals surface area contributed by atoms with E-state index in [0.717, 1.165) is 29.5 Å². The molecular formula is C31H38N4O6S. The molecule has 42 heavy (non-hydrogen) atoms. The molecule has 10 nitrogen and oxygen atoms in total. The number of amidine groups is 1. The van der Waals surface area contributed by atoms with E-state index in [-0.39, 0.29) is 30.7 Å². The van der Waals surface area contributed by atoms with Crippen LogP contribution in [0.3, 0.4) is 0 Å². The number of hydrogen-bond acceptors (Lipinski definition) is 7. The minimum Gasteiger partial charge on any atom is -0.500 e. The molecule has 11 heteroatoms. The molecule has 0 aliphatic carbocycles. The Morgan fingerprint density at radius 3 is 2.60 bits per heavy atom. The van der Waals surface area contributed by atoms with Gasteiger partial charge in [-0.25, -0.2) is 12.7 Å². The number of piperidine rings is 1. The third kappa shape index (κ3) is 6.68. The van der Waals surface area contributed by atoms with Gasteiger partial charge in [-0.1, -0.05) is 18.2 Å². The highest BCUT2D eigenvalue weighted by molar-refractivity contribution is 7.89. The lowest BCUT2D eigenvalue weighted by Gasteiger charge is -2.34. The van der Waals surface area contributed by atoms with E-state index in [2.05, 4.69) is 5.32 Å². The minimum absolute atomic E-state index is 0.0492. The number of rotatable bonds is 0. The van der Waals surface area contributed by atoms with Gasteiger partial charge in [-0.3, -0.25) is 14.6 Å². The second kappa shape index (κ2) is 12.7. The van der Waals surface area contributed by atoms with Crippen molar-refractivity contribution in [3.8, 4) is 5.75 Å². The number of hydrogen-bond donors (Lipinski definition) is 1. The van der Waals surface area contributed by atoms with Crippen LogP contribution >= 0.6 is 0 Å². The highest BCUT2D eigenvalue weighted by Gasteiger charge is 2.47. The summed E-state index contributed by atoms with van der Waals surface area (Å²) < 4.78 is 39.5. The number of ether oxygens (including phenoxy) is 2. The average molecular weight is 595 g/mol. The quantitative estimate of drug-likeness (QED) is 0.501. The largest absolute Gasteiger partial charge is 0.500 e. The summed E-state index contributed by atoms with van der Waals surface area (Å²) in [5, 5.41) is 2.92. The number of benzene rings is 2. The molecule has 5 aliphatic rings. The molecule has 0 atom stereocenters. The van der Waals surface area contributed by atoms with Gasteiger partial charge < -0.3 is 19.7 Å². The monoisotopic (exact) mass is 594 g/mol. The highest BCUT2D eigenvalue weighted by atomic mass is 32.2. The topological polar surface area (TPSA) is 118 Å². The number of carbonyl (C=O) groups excluding carboxylic acids is 2. The molecule has 1 N–H and O–H groups in total. The van der Waals surface area contributed by atoms with Gasteiger partial charge in [0.2, 0.25) is 10.0 Å². The first-order chi connectivity index (χ1) is 20.2. The molecule has 2 aromatic carbocycles. The molecule has 224 valence electrons. The molecular weight excluding hydrogens is 556 g/mol. The average Bonchev–Trinajstić information content (AvgIpc) is 3.30. The fourth-order valence-electron chi connectivity index (χ4n) is 5.44. The Morgan fingerprint density at radius 2 is 1.81 bits per heavy atom. The van der Waals surface area contributed by atoms with Gasteiger partial charge in [-0.05, 0) is 80.5 Å². The van der Waals surface area contributed by atoms with E-state index in [1.165, 1.54) is 4.31 Å². The van der Waals surface area contributed by atoms with Crippen LogP contribution in [0.2, 0.25) is 0 Å². The summed E-state index contributed by atoms with van der Waals surface area (Å²) >= 11 is 0. The summed E-state index contributed by atoms with van der Waals surface area (Å²) in [6.45, 7) is 3.67. The van der Waals surface area contributed by atoms with E-state index in [1.807, 2.05) is 49.4 Å². The first-order valence-electron chi connectivity index (χ1n) is 14.4. The van der Waals surface area contributed by atoms with Crippen LogP contribution in [0.4, 0.5) is 0 Å². The lowest BCUT2D eigenvalue weighted by atomic mass is 9.89. The molecule has 5 heterocycles. The number of aliphatic imine (C=N–C) groups is 1. The van der Waals surface area contributed by atoms with Crippen molar-refractivity contribution < 1.29 is 27.5 Å². The van der Waals surface area contributed by atoms with Gasteiger partial charge in [0.25, 0.3) is 11.8 Å². The Kier molecular flexibility index (Phi) is 8.98. The van der Waals surface area contributed by atoms with E-state index in [9.17, 15) is 18.0 Å². The maximum Gasteiger partial charge on any atom is 0.253 e. The number of nitrogens with zero attached hydrogens (tertiary/aromatic N) is 3. The third-order valence-electron chi connectivity index (χ3n) is 8.12. The fraction of sp³-hybridized carbons (Fsp3) is 0.452. The van der Waals surface area contributed by atoms with Crippen LogP contribution in [0.25, 0.3) is 0 Å². The first-order valence-corrected chi connectivity index (χ1v) is 16.0. The molecule has 7 bridgehead atoms. The molecule has 0 unspecified atom stereocenters. The lowest BCUT2D eigenvalue weighted by Crippen LogP contribution is -2.50. The zero-order valence-electron chi connectivity index (χ0n) is 24.2. The fourth-order valence-corrected chi connectivity index (χ4v) is 6.92. The van der Waals surface area contributed by atoms with E-state index in [1.54, 1.807) is 24.3 Å². The predicted molar refractivity (Wildman–Crippen MR) is 160 cm³/mol. The molecule has 7 rings (SSSR count). The SMILES string of the molecule is Cc1cc2ccc1CCS(=O)(=O)N1CCC3(CC1)N=C(NC3=O)c1cccc(c1)OCCC/C=C/OCCN(C)C2=O. The number of carbonyl (C=O) groups is 2. The lowest BCUT2D eigenvalue weighted by molar-refractivity contribution is -0.124. The zero-order valence-corrected chi connectivity index (χ0v) is 25.0. The molecule has 1 fully saturated rings. The van der Waals surface area contributed by atoms with Gasteiger partial charge in [0.15, 0.2) is 0 Å². The van der Waals surface area contributed by atoms with Crippen molar-refractivity contribution in [2.24, 2.45) is 4.99 Å². The van der Waals surface area contributed by atoms with Gasteiger partial charge >= 0.3 is 0 Å². The summed E-state index contributed by atoms with van der Waals surface area (Å²) in [5.41, 5.74) is 2.09. The summed E-state index contributed by atoms with van der Waals surface area (Å²) in [6.07, 6.45) is 6.12. The van der Waals surface area contributed by atoms with Crippen LogP contribution in [-0.4, -0.2) is 86.5 Å². The van der Waals surface area contributed by atoms with Gasteiger partial charge in [0.1, 0.15) is 23.7 Å². The molecule has 0 saturated carbocycles. The number of amides is 2. The Bertz CT molecular complexity index is 1490. The Morgan fingerprint density at radius 1 is 1.00 bits per heavy atom. The summed E-state index contributed by atoms with van der Waals surface area (Å²) in [7, 11) is -1.81. The molecule has 1 saturated heterocycles. The van der Waals surface area contributed by atoms with Crippen LogP contribution in [0.15, 0.2) is 59.8 Å². The smallest absolute Gasteiger partial charge is 0.253 e. The normalized spacial score (nSPS) is 26.0. The summed E-state index contributed by atoms with van der Waals surface area (Å²) in [4.78, 5) is 32.4. The number of nitrogens with one attached hydrogen (secondary N) is 1. The van der Waals surface area contributed by atoms with Crippen LogP contribution < -0.4 is 10.1 Å². The maximum atomic E-state index is 13.3. The van der Waals surface area contributed by atoms with Crippen molar-refractivity contribution in [1.29, 1.82) is 0 Å². The van der Waals surface area contributed by atoms with Crippen LogP contribution in [0.5, 0.6) is 5.75 Å². The van der Waals surface area contributed by atoms with Crippen LogP contribution in [0, 0.1) is 6.92 Å². The number of sulfonamides is 1. The second-order valence-electron chi connectivity index (χ2n) is 11.0. The van der Waals surface area contributed by atoms with Crippen LogP contribution in [-0.2, 0) is 26.0 Å². The minimum atomic E-state index is -3.55. The van der Waals surface area contributed by atoms with Crippen LogP contribution in [0.1, 0.15) is 52.7 Å². The number of fused-ring (bicyclic) bond motifs is 2. The van der Waals surface area contributed by atoms with Crippen molar-refractivity contribution in [1.82, 2.24) is 14.5 Å². The summed E-state index contributed by atoms with van der Waals surface area (Å²) in [6, 6.07) is 12.9. The molecule has 0 aromatic heterocycles. The molecule has 5 aliphatic heterocycles. The van der Waals surface area contributed by atoms with E-state index >= 15 is 0 Å². The van der Waals surface area contributed by atoms with Crippen molar-refractivity contribution >= 4 is 27.7 Å². The molecule has 0 radical (unpaired) electrons. The maximum absolute atomic E-state index is 13.3. The third-order valence-corrected chi connectivity index (χ3v) is 9.99. The summed E-state index contributed by atoms with van der Waals surface area (Å²) in [5.74, 6) is 0.806. The molecule has 2 aromatic rings. The van der Waals surface area contributed by atoms with E-state index in [4.69, 9.17) is 14.5 Å². The van der Waals surface area contributed by atoms with Crippen molar-refractivity contribution in [3.63, 3.8) is 0 Å². The van der Waals surface area contributed by atoms with Gasteiger partial charge in [0, 0.05) is 31.3 Å². The van der Waals surface area contributed by atoms with Gasteiger partial charge in [0.05, 0.1) is 25.2 Å². The molecule has 1 spiro atoms. The predicted octanol–water partition coefficient (Wildman–Crippen LogP) is 3.05. The number of aryl methyl sites for hydroxylation is 2. The highest BCUT2D eigenvalue weighted by Crippen LogP contribution is 2.32. The van der Waals surface area contributed by atoms with Crippen molar-refractivity contribution in [3.05, 3.63) is 77.1 Å². The standard InChI is InChI=1S/C31H38N4O6S/c1-23-21-26-10-9-24(23)11-20-42(38,39)35-14-12-31(13-15-35)30(37)32-28(33-31)25-7-6-8-27(22-25)41-18-5-3-4-17-40-19-16-34(2)29(26)36/h4,6-10,17,21-22H,3,5,11-16,18-20H2,1-2H3,(H,32,33,37)/b17-4+. The zero-order chi connectivity index (χ0) is 29.7. The van der Waals surface area contributed by atoms with E-state index in [0.29, 0.717) is 56.2 Å². The molecule has 2 amide bonds. The van der Waals surface area contributed by atoms with Gasteiger partial charge in [-0.2, -0.15) is 0 Å². The van der Waals surface area contributed by atoms with Crippen molar-refractivity contribution in [2.75, 3.05) is 45.6 Å². The van der Waals surface area contributed by atoms with E-state index < -0.39 is 15.6 Å². The number of allylic oxidation sites excluding steroid dienone is 1. The first kappa shape index (κ1) is 29.8. The Hall–Kier alpha value is -3.70. The Labute approximate surface area is 247 Å². The number of likely N-dealkylation sites (N-methyl/N-ethyl adjacent to an activating group) is 1. The van der Waals surface area contributed by atoms with Gasteiger partial charge in [-0.15, -0.1) is 0 Å².